The molecule has 1 aromatic carbocycles. The number of rotatable bonds is 3. The van der Waals surface area contributed by atoms with Crippen LogP contribution in [0.5, 0.6) is 0 Å². The molecule has 0 bridgehead atoms. The molecule has 4 amide bonds. The van der Waals surface area contributed by atoms with Gasteiger partial charge in [0, 0.05) is 38.3 Å². The van der Waals surface area contributed by atoms with Crippen LogP contribution in [0, 0.1) is 0 Å². The Morgan fingerprint density at radius 1 is 1.33 bits per heavy atom. The predicted molar refractivity (Wildman–Crippen MR) is 89.4 cm³/mol. The van der Waals surface area contributed by atoms with Crippen LogP contribution in [0.4, 0.5) is 10.5 Å². The molecule has 7 nitrogen and oxygen atoms in total. The van der Waals surface area contributed by atoms with Gasteiger partial charge < -0.3 is 20.4 Å². The number of urea groups is 1. The fourth-order valence-corrected chi connectivity index (χ4v) is 3.09. The van der Waals surface area contributed by atoms with Crippen molar-refractivity contribution in [3.05, 3.63) is 29.8 Å². The molecule has 7 heteroatoms. The van der Waals surface area contributed by atoms with Crippen molar-refractivity contribution in [3.63, 3.8) is 0 Å². The average molecular weight is 330 g/mol. The van der Waals surface area contributed by atoms with Crippen LogP contribution in [0.1, 0.15) is 25.3 Å². The maximum Gasteiger partial charge on any atom is 0.318 e. The Morgan fingerprint density at radius 3 is 2.92 bits per heavy atom. The molecule has 0 spiro atoms. The molecule has 0 saturated carbocycles. The first kappa shape index (κ1) is 16.3. The Labute approximate surface area is 141 Å². The topological polar surface area (TPSA) is 81.8 Å². The van der Waals surface area contributed by atoms with Crippen molar-refractivity contribution in [1.29, 1.82) is 0 Å². The van der Waals surface area contributed by atoms with Gasteiger partial charge in [0.15, 0.2) is 0 Å². The van der Waals surface area contributed by atoms with Gasteiger partial charge in [-0.1, -0.05) is 12.1 Å². The van der Waals surface area contributed by atoms with Crippen LogP contribution in [-0.4, -0.2) is 48.4 Å². The summed E-state index contributed by atoms with van der Waals surface area (Å²) < 4.78 is 0. The number of nitrogens with one attached hydrogen (secondary N) is 2. The van der Waals surface area contributed by atoms with Crippen LogP contribution in [0.15, 0.2) is 24.3 Å². The quantitative estimate of drug-likeness (QED) is 0.862. The highest BCUT2D eigenvalue weighted by Gasteiger charge is 2.29. The van der Waals surface area contributed by atoms with Crippen molar-refractivity contribution in [2.45, 2.75) is 32.4 Å². The highest BCUT2D eigenvalue weighted by molar-refractivity contribution is 5.95. The molecule has 2 saturated heterocycles. The van der Waals surface area contributed by atoms with Gasteiger partial charge in [0.1, 0.15) is 6.04 Å². The number of nitrogens with zero attached hydrogens (tertiary/aromatic N) is 2. The zero-order chi connectivity index (χ0) is 17.1. The normalized spacial score (nSPS) is 21.0. The molecule has 0 aromatic heterocycles. The van der Waals surface area contributed by atoms with E-state index >= 15 is 0 Å². The predicted octanol–water partition coefficient (Wildman–Crippen LogP) is 0.843. The van der Waals surface area contributed by atoms with Gasteiger partial charge in [-0.2, -0.15) is 0 Å². The fraction of sp³-hybridized carbons (Fsp3) is 0.471. The summed E-state index contributed by atoms with van der Waals surface area (Å²) in [6.07, 6.45) is 1.48. The number of hydrogen-bond acceptors (Lipinski definition) is 3. The number of benzene rings is 1. The molecular formula is C17H22N4O3. The first-order valence-corrected chi connectivity index (χ1v) is 8.28. The Morgan fingerprint density at radius 2 is 2.17 bits per heavy atom. The first-order valence-electron chi connectivity index (χ1n) is 8.28. The molecular weight excluding hydrogens is 308 g/mol. The summed E-state index contributed by atoms with van der Waals surface area (Å²) in [7, 11) is 0. The Kier molecular flexibility index (Phi) is 4.69. The van der Waals surface area contributed by atoms with Gasteiger partial charge in [-0.3, -0.25) is 9.59 Å². The second kappa shape index (κ2) is 6.90. The summed E-state index contributed by atoms with van der Waals surface area (Å²) >= 11 is 0. The van der Waals surface area contributed by atoms with Crippen molar-refractivity contribution >= 4 is 23.5 Å². The lowest BCUT2D eigenvalue weighted by Gasteiger charge is -2.32. The van der Waals surface area contributed by atoms with Gasteiger partial charge >= 0.3 is 6.03 Å². The van der Waals surface area contributed by atoms with Crippen molar-refractivity contribution in [2.75, 3.05) is 24.5 Å². The van der Waals surface area contributed by atoms with Crippen molar-refractivity contribution in [3.8, 4) is 0 Å². The van der Waals surface area contributed by atoms with Crippen molar-refractivity contribution < 1.29 is 14.4 Å². The van der Waals surface area contributed by atoms with Crippen molar-refractivity contribution in [2.24, 2.45) is 0 Å². The second-order valence-corrected chi connectivity index (χ2v) is 6.14. The molecule has 0 aliphatic carbocycles. The summed E-state index contributed by atoms with van der Waals surface area (Å²) in [4.78, 5) is 39.1. The summed E-state index contributed by atoms with van der Waals surface area (Å²) in [5, 5.41) is 5.59. The molecule has 1 aromatic rings. The van der Waals surface area contributed by atoms with Gasteiger partial charge in [-0.05, 0) is 31.0 Å². The molecule has 128 valence electrons. The standard InChI is InChI=1S/C17H22N4O3/c1-12-16(23)18-7-9-20(12)17(24)19-11-13-4-2-5-14(10-13)21-8-3-6-15(21)22/h2,4-5,10,12H,3,6-9,11H2,1H3,(H,18,23)(H,19,24)/t12-/m1/s1. The zero-order valence-electron chi connectivity index (χ0n) is 13.7. The lowest BCUT2D eigenvalue weighted by Crippen LogP contribution is -2.58. The van der Waals surface area contributed by atoms with E-state index in [9.17, 15) is 14.4 Å². The van der Waals surface area contributed by atoms with Gasteiger partial charge in [-0.15, -0.1) is 0 Å². The second-order valence-electron chi connectivity index (χ2n) is 6.14. The van der Waals surface area contributed by atoms with Crippen LogP contribution in [0.2, 0.25) is 0 Å². The van der Waals surface area contributed by atoms with Gasteiger partial charge in [0.2, 0.25) is 11.8 Å². The molecule has 1 atom stereocenters. The third kappa shape index (κ3) is 3.34. The van der Waals surface area contributed by atoms with Crippen LogP contribution in [-0.2, 0) is 16.1 Å². The Bertz CT molecular complexity index is 661. The number of piperazine rings is 1. The molecule has 2 N–H and O–H groups in total. The average Bonchev–Trinajstić information content (AvgIpc) is 3.01. The van der Waals surface area contributed by atoms with E-state index in [1.54, 1.807) is 11.8 Å². The smallest absolute Gasteiger partial charge is 0.318 e. The molecule has 0 unspecified atom stereocenters. The van der Waals surface area contributed by atoms with E-state index in [1.807, 2.05) is 24.3 Å². The number of carbonyl (C=O) groups excluding carboxylic acids is 3. The molecule has 3 rings (SSSR count). The number of amides is 4. The number of carbonyl (C=O) groups is 3. The van der Waals surface area contributed by atoms with Crippen molar-refractivity contribution in [1.82, 2.24) is 15.5 Å². The van der Waals surface area contributed by atoms with E-state index < -0.39 is 6.04 Å². The first-order chi connectivity index (χ1) is 11.6. The summed E-state index contributed by atoms with van der Waals surface area (Å²) in [6.45, 7) is 3.80. The molecule has 2 aliphatic heterocycles. The number of anilines is 1. The van der Waals surface area contributed by atoms with E-state index in [1.165, 1.54) is 4.90 Å². The van der Waals surface area contributed by atoms with E-state index in [2.05, 4.69) is 10.6 Å². The molecule has 24 heavy (non-hydrogen) atoms. The van der Waals surface area contributed by atoms with E-state index in [-0.39, 0.29) is 17.8 Å². The van der Waals surface area contributed by atoms with Gasteiger partial charge in [-0.25, -0.2) is 4.79 Å². The summed E-state index contributed by atoms with van der Waals surface area (Å²) in [5.74, 6) is 0.00952. The lowest BCUT2D eigenvalue weighted by atomic mass is 10.2. The zero-order valence-corrected chi connectivity index (χ0v) is 13.7. The molecule has 2 aliphatic rings. The highest BCUT2D eigenvalue weighted by atomic mass is 16.2. The number of hydrogen-bond donors (Lipinski definition) is 2. The third-order valence-corrected chi connectivity index (χ3v) is 4.50. The third-order valence-electron chi connectivity index (χ3n) is 4.50. The minimum Gasteiger partial charge on any atom is -0.353 e. The minimum absolute atomic E-state index is 0.133. The highest BCUT2D eigenvalue weighted by Crippen LogP contribution is 2.22. The van der Waals surface area contributed by atoms with Gasteiger partial charge in [0.25, 0.3) is 0 Å². The van der Waals surface area contributed by atoms with E-state index in [4.69, 9.17) is 0 Å². The van der Waals surface area contributed by atoms with E-state index in [0.29, 0.717) is 26.1 Å². The molecule has 2 heterocycles. The monoisotopic (exact) mass is 330 g/mol. The summed E-state index contributed by atoms with van der Waals surface area (Å²) in [5.41, 5.74) is 1.80. The largest absolute Gasteiger partial charge is 0.353 e. The van der Waals surface area contributed by atoms with Crippen LogP contribution in [0.3, 0.4) is 0 Å². The maximum atomic E-state index is 12.3. The Hall–Kier alpha value is -2.57. The molecule has 2 fully saturated rings. The lowest BCUT2D eigenvalue weighted by molar-refractivity contribution is -0.127. The SMILES string of the molecule is C[C@@H]1C(=O)NCCN1C(=O)NCc1cccc(N2CCCC2=O)c1. The maximum absolute atomic E-state index is 12.3. The summed E-state index contributed by atoms with van der Waals surface area (Å²) in [6, 6.07) is 6.92. The Balaban J connectivity index is 1.61. The minimum atomic E-state index is -0.465. The van der Waals surface area contributed by atoms with Gasteiger partial charge in [0.05, 0.1) is 0 Å². The fourth-order valence-electron chi connectivity index (χ4n) is 3.09. The van der Waals surface area contributed by atoms with Crippen LogP contribution < -0.4 is 15.5 Å². The molecule has 0 radical (unpaired) electrons. The van der Waals surface area contributed by atoms with Crippen LogP contribution in [0.25, 0.3) is 0 Å². The van der Waals surface area contributed by atoms with E-state index in [0.717, 1.165) is 24.2 Å². The van der Waals surface area contributed by atoms with Crippen LogP contribution >= 0.6 is 0 Å².